The second kappa shape index (κ2) is 7.12. The summed E-state index contributed by atoms with van der Waals surface area (Å²) in [5.41, 5.74) is -0.0933. The Morgan fingerprint density at radius 1 is 1.17 bits per heavy atom. The van der Waals surface area contributed by atoms with Crippen molar-refractivity contribution in [2.75, 3.05) is 0 Å². The van der Waals surface area contributed by atoms with Crippen LogP contribution >= 0.6 is 34.5 Å². The Bertz CT molecular complexity index is 1290. The van der Waals surface area contributed by atoms with E-state index in [-0.39, 0.29) is 17.4 Å². The number of hydrogen-bond donors (Lipinski definition) is 0. The van der Waals surface area contributed by atoms with E-state index < -0.39 is 17.4 Å². The molecule has 0 unspecified atom stereocenters. The van der Waals surface area contributed by atoms with Crippen molar-refractivity contribution in [3.8, 4) is 11.3 Å². The third-order valence-electron chi connectivity index (χ3n) is 4.07. The van der Waals surface area contributed by atoms with E-state index >= 15 is 0 Å². The highest BCUT2D eigenvalue weighted by Gasteiger charge is 2.35. The first-order chi connectivity index (χ1) is 13.6. The summed E-state index contributed by atoms with van der Waals surface area (Å²) in [5, 5.41) is 3.77. The second-order valence-electron chi connectivity index (χ2n) is 6.11. The van der Waals surface area contributed by atoms with Crippen LogP contribution in [-0.4, -0.2) is 24.1 Å². The van der Waals surface area contributed by atoms with E-state index in [4.69, 9.17) is 23.2 Å². The van der Waals surface area contributed by atoms with Crippen LogP contribution in [0.1, 0.15) is 16.3 Å². The fourth-order valence-corrected chi connectivity index (χ4v) is 4.35. The van der Waals surface area contributed by atoms with E-state index in [0.717, 1.165) is 10.9 Å². The Hall–Kier alpha value is -2.43. The van der Waals surface area contributed by atoms with Gasteiger partial charge in [-0.25, -0.2) is 4.98 Å². The minimum atomic E-state index is -4.63. The average molecular weight is 460 g/mol. The Labute approximate surface area is 175 Å². The van der Waals surface area contributed by atoms with Crippen molar-refractivity contribution in [3.63, 3.8) is 0 Å². The molecule has 4 aromatic rings. The van der Waals surface area contributed by atoms with Gasteiger partial charge in [-0.2, -0.15) is 18.3 Å². The second-order valence-corrected chi connectivity index (χ2v) is 8.12. The van der Waals surface area contributed by atoms with Crippen LogP contribution in [0.15, 0.2) is 35.4 Å². The van der Waals surface area contributed by atoms with E-state index in [9.17, 15) is 18.0 Å². The first-order valence-corrected chi connectivity index (χ1v) is 9.64. The van der Waals surface area contributed by atoms with Crippen molar-refractivity contribution in [1.82, 2.24) is 24.1 Å². The highest BCUT2D eigenvalue weighted by atomic mass is 35.5. The third kappa shape index (κ3) is 3.75. The predicted octanol–water partition coefficient (Wildman–Crippen LogP) is 4.70. The average Bonchev–Trinajstić information content (AvgIpc) is 3.14. The molecule has 0 saturated heterocycles. The molecule has 0 atom stereocenters. The molecule has 0 spiro atoms. The third-order valence-corrected chi connectivity index (χ3v) is 5.42. The van der Waals surface area contributed by atoms with Crippen LogP contribution in [-0.2, 0) is 12.7 Å². The molecule has 4 heterocycles. The van der Waals surface area contributed by atoms with E-state index in [1.807, 2.05) is 6.92 Å². The van der Waals surface area contributed by atoms with Crippen LogP contribution < -0.4 is 5.56 Å². The van der Waals surface area contributed by atoms with Gasteiger partial charge in [0.15, 0.2) is 10.1 Å². The highest BCUT2D eigenvalue weighted by Crippen LogP contribution is 2.32. The quantitative estimate of drug-likeness (QED) is 0.445. The molecule has 0 amide bonds. The maximum absolute atomic E-state index is 13.2. The molecule has 12 heteroatoms. The standard InChI is InChI=1S/C17H10Cl2F3N5OS/c1-8-15(9-2-10(18)6-23-5-9)27-14(28)3-11(24-16(27)29-8)7-26-12(17(20,21)22)4-13(19)25-26/h2-6H,7H2,1H3. The van der Waals surface area contributed by atoms with Crippen molar-refractivity contribution in [3.05, 3.63) is 67.4 Å². The normalized spacial score (nSPS) is 12.1. The zero-order valence-electron chi connectivity index (χ0n) is 14.5. The van der Waals surface area contributed by atoms with Gasteiger partial charge in [0.2, 0.25) is 0 Å². The van der Waals surface area contributed by atoms with Gasteiger partial charge in [0.05, 0.1) is 23.0 Å². The molecule has 0 fully saturated rings. The molecule has 150 valence electrons. The first-order valence-electron chi connectivity index (χ1n) is 8.07. The van der Waals surface area contributed by atoms with Gasteiger partial charge in [0, 0.05) is 35.0 Å². The summed E-state index contributed by atoms with van der Waals surface area (Å²) in [5.74, 6) is 0. The molecule has 0 radical (unpaired) electrons. The van der Waals surface area contributed by atoms with Crippen molar-refractivity contribution in [2.45, 2.75) is 19.6 Å². The molecule has 4 rings (SSSR count). The zero-order chi connectivity index (χ0) is 20.9. The lowest BCUT2D eigenvalue weighted by molar-refractivity contribution is -0.144. The van der Waals surface area contributed by atoms with E-state index in [1.165, 1.54) is 28.0 Å². The summed E-state index contributed by atoms with van der Waals surface area (Å²) in [6.45, 7) is 1.46. The summed E-state index contributed by atoms with van der Waals surface area (Å²) in [4.78, 5) is 22.3. The highest BCUT2D eigenvalue weighted by molar-refractivity contribution is 7.17. The summed E-state index contributed by atoms with van der Waals surface area (Å²) in [6.07, 6.45) is -1.59. The maximum Gasteiger partial charge on any atom is 0.433 e. The Kier molecular flexibility index (Phi) is 4.88. The number of alkyl halides is 3. The molecule has 0 aliphatic rings. The summed E-state index contributed by atoms with van der Waals surface area (Å²) >= 11 is 12.9. The van der Waals surface area contributed by atoms with Crippen LogP contribution in [0.25, 0.3) is 16.2 Å². The Morgan fingerprint density at radius 2 is 1.93 bits per heavy atom. The lowest BCUT2D eigenvalue weighted by Gasteiger charge is -2.10. The monoisotopic (exact) mass is 459 g/mol. The van der Waals surface area contributed by atoms with Gasteiger partial charge in [-0.05, 0) is 13.0 Å². The van der Waals surface area contributed by atoms with Crippen LogP contribution in [0.4, 0.5) is 13.2 Å². The number of nitrogens with zero attached hydrogens (tertiary/aromatic N) is 5. The van der Waals surface area contributed by atoms with Gasteiger partial charge in [-0.3, -0.25) is 18.9 Å². The number of halogens is 5. The Morgan fingerprint density at radius 3 is 2.62 bits per heavy atom. The number of fused-ring (bicyclic) bond motifs is 1. The molecule has 0 bridgehead atoms. The van der Waals surface area contributed by atoms with Gasteiger partial charge >= 0.3 is 6.18 Å². The first kappa shape index (κ1) is 19.9. The molecular weight excluding hydrogens is 450 g/mol. The molecule has 6 nitrogen and oxygen atoms in total. The summed E-state index contributed by atoms with van der Waals surface area (Å²) in [6, 6.07) is 3.58. The SMILES string of the molecule is Cc1sc2nc(Cn3nc(Cl)cc3C(F)(F)F)cc(=O)n2c1-c1cncc(Cl)c1. The molecule has 29 heavy (non-hydrogen) atoms. The summed E-state index contributed by atoms with van der Waals surface area (Å²) < 4.78 is 41.5. The molecular formula is C17H10Cl2F3N5OS. The number of thiazole rings is 1. The molecule has 0 N–H and O–H groups in total. The van der Waals surface area contributed by atoms with Gasteiger partial charge in [-0.15, -0.1) is 11.3 Å². The number of aromatic nitrogens is 5. The van der Waals surface area contributed by atoms with Gasteiger partial charge in [0.25, 0.3) is 5.56 Å². The molecule has 4 aromatic heterocycles. The van der Waals surface area contributed by atoms with Gasteiger partial charge in [-0.1, -0.05) is 23.2 Å². The molecule has 0 aromatic carbocycles. The van der Waals surface area contributed by atoms with Crippen molar-refractivity contribution in [2.24, 2.45) is 0 Å². The van der Waals surface area contributed by atoms with Crippen LogP contribution in [0, 0.1) is 6.92 Å². The van der Waals surface area contributed by atoms with E-state index in [1.54, 1.807) is 12.3 Å². The summed E-state index contributed by atoms with van der Waals surface area (Å²) in [7, 11) is 0. The van der Waals surface area contributed by atoms with Gasteiger partial charge in [0.1, 0.15) is 5.69 Å². The van der Waals surface area contributed by atoms with Crippen LogP contribution in [0.3, 0.4) is 0 Å². The lowest BCUT2D eigenvalue weighted by atomic mass is 10.2. The van der Waals surface area contributed by atoms with Gasteiger partial charge < -0.3 is 0 Å². The van der Waals surface area contributed by atoms with E-state index in [2.05, 4.69) is 15.1 Å². The fourth-order valence-electron chi connectivity index (χ4n) is 2.97. The van der Waals surface area contributed by atoms with Crippen molar-refractivity contribution < 1.29 is 13.2 Å². The van der Waals surface area contributed by atoms with Crippen LogP contribution in [0.2, 0.25) is 10.2 Å². The fraction of sp³-hybridized carbons (Fsp3) is 0.176. The molecule has 0 saturated carbocycles. The predicted molar refractivity (Wildman–Crippen MR) is 104 cm³/mol. The molecule has 0 aliphatic carbocycles. The zero-order valence-corrected chi connectivity index (χ0v) is 16.9. The van der Waals surface area contributed by atoms with Crippen LogP contribution in [0.5, 0.6) is 0 Å². The largest absolute Gasteiger partial charge is 0.433 e. The maximum atomic E-state index is 13.2. The van der Waals surface area contributed by atoms with Crippen molar-refractivity contribution in [1.29, 1.82) is 0 Å². The minimum absolute atomic E-state index is 0.136. The topological polar surface area (TPSA) is 65.1 Å². The Balaban J connectivity index is 1.82. The van der Waals surface area contributed by atoms with E-state index in [0.29, 0.717) is 25.9 Å². The lowest BCUT2D eigenvalue weighted by Crippen LogP contribution is -2.19. The number of pyridine rings is 1. The van der Waals surface area contributed by atoms with Crippen molar-refractivity contribution >= 4 is 39.5 Å². The number of aryl methyl sites for hydroxylation is 1. The number of hydrogen-bond acceptors (Lipinski definition) is 5. The minimum Gasteiger partial charge on any atom is -0.269 e. The molecule has 0 aliphatic heterocycles. The smallest absolute Gasteiger partial charge is 0.269 e. The number of rotatable bonds is 3.